The van der Waals surface area contributed by atoms with Crippen molar-refractivity contribution in [2.24, 2.45) is 10.7 Å². The van der Waals surface area contributed by atoms with Crippen LogP contribution in [0.4, 0.5) is 18.3 Å². The number of thioether (sulfide) groups is 1. The van der Waals surface area contributed by atoms with Crippen molar-refractivity contribution in [1.29, 1.82) is 0 Å². The standard InChI is InChI=1S/C13H19F3N6O2S2/c1-25-10(6-22(23)24)18-5-3-2-4-9-7-26-12(20-9)21-11(17)19-8-13(14,15)16/h6-7,18H,2-5,8H2,1H3,(H3,17,19,20,21). The molecule has 8 nitrogen and oxygen atoms in total. The number of halogens is 3. The molecule has 0 unspecified atom stereocenters. The third-order valence-electron chi connectivity index (χ3n) is 2.82. The fraction of sp³-hybridized carbons (Fsp3) is 0.538. The Balaban J connectivity index is 2.33. The Morgan fingerprint density at radius 1 is 1.54 bits per heavy atom. The smallest absolute Gasteiger partial charge is 0.375 e. The van der Waals surface area contributed by atoms with Crippen LogP contribution in [0.15, 0.2) is 21.6 Å². The molecule has 0 aromatic carbocycles. The van der Waals surface area contributed by atoms with Crippen LogP contribution in [0.3, 0.4) is 0 Å². The van der Waals surface area contributed by atoms with Gasteiger partial charge in [-0.25, -0.2) is 9.98 Å². The summed E-state index contributed by atoms with van der Waals surface area (Å²) in [6, 6.07) is 0. The van der Waals surface area contributed by atoms with E-state index >= 15 is 0 Å². The maximum absolute atomic E-state index is 12.0. The Morgan fingerprint density at radius 2 is 2.27 bits per heavy atom. The topological polar surface area (TPSA) is 118 Å². The second-order valence-electron chi connectivity index (χ2n) is 4.95. The van der Waals surface area contributed by atoms with Crippen LogP contribution in [0, 0.1) is 10.1 Å². The third kappa shape index (κ3) is 10.1. The minimum atomic E-state index is -4.40. The van der Waals surface area contributed by atoms with E-state index in [1.807, 2.05) is 0 Å². The lowest BCUT2D eigenvalue weighted by Gasteiger charge is -2.05. The summed E-state index contributed by atoms with van der Waals surface area (Å²) in [6.07, 6.45) is 0.523. The molecule has 1 heterocycles. The SMILES string of the molecule is CSC(=C[N+](=O)[O-])NCCCCc1csc(NC(N)=NCC(F)(F)F)n1. The van der Waals surface area contributed by atoms with E-state index in [-0.39, 0.29) is 5.96 Å². The molecule has 0 aliphatic carbocycles. The predicted octanol–water partition coefficient (Wildman–Crippen LogP) is 2.78. The predicted molar refractivity (Wildman–Crippen MR) is 97.8 cm³/mol. The Bertz CT molecular complexity index is 648. The number of anilines is 1. The van der Waals surface area contributed by atoms with Gasteiger partial charge >= 0.3 is 6.18 Å². The normalized spacial score (nSPS) is 12.9. The molecule has 26 heavy (non-hydrogen) atoms. The number of nitrogens with zero attached hydrogens (tertiary/aromatic N) is 3. The number of nitrogens with one attached hydrogen (secondary N) is 2. The van der Waals surface area contributed by atoms with Crippen molar-refractivity contribution in [2.45, 2.75) is 25.4 Å². The molecule has 1 aromatic rings. The summed E-state index contributed by atoms with van der Waals surface area (Å²) in [6.45, 7) is -0.757. The van der Waals surface area contributed by atoms with Crippen LogP contribution in [0.1, 0.15) is 18.5 Å². The quantitative estimate of drug-likeness (QED) is 0.178. The maximum Gasteiger partial charge on any atom is 0.408 e. The number of hydrogen-bond donors (Lipinski definition) is 3. The van der Waals surface area contributed by atoms with Crippen LogP contribution in [-0.4, -0.2) is 41.4 Å². The first-order valence-electron chi connectivity index (χ1n) is 7.41. The van der Waals surface area contributed by atoms with Crippen LogP contribution >= 0.6 is 23.1 Å². The van der Waals surface area contributed by atoms with Crippen LogP contribution in [0.5, 0.6) is 0 Å². The van der Waals surface area contributed by atoms with Crippen molar-refractivity contribution in [3.05, 3.63) is 32.4 Å². The molecule has 0 amide bonds. The zero-order valence-corrected chi connectivity index (χ0v) is 15.5. The van der Waals surface area contributed by atoms with Gasteiger partial charge in [-0.2, -0.15) is 13.2 Å². The van der Waals surface area contributed by atoms with Gasteiger partial charge in [-0.05, 0) is 25.5 Å². The second-order valence-corrected chi connectivity index (χ2v) is 6.66. The number of unbranched alkanes of at least 4 members (excludes halogenated alkanes) is 1. The van der Waals surface area contributed by atoms with E-state index in [4.69, 9.17) is 5.73 Å². The van der Waals surface area contributed by atoms with E-state index in [9.17, 15) is 23.3 Å². The molecule has 0 spiro atoms. The Labute approximate surface area is 156 Å². The van der Waals surface area contributed by atoms with Gasteiger partial charge in [0.15, 0.2) is 11.1 Å². The minimum absolute atomic E-state index is 0.338. The summed E-state index contributed by atoms with van der Waals surface area (Å²) < 4.78 is 36.1. The summed E-state index contributed by atoms with van der Waals surface area (Å²) in [4.78, 5) is 17.3. The number of guanidine groups is 1. The first-order valence-corrected chi connectivity index (χ1v) is 9.51. The Kier molecular flexibility index (Phi) is 9.19. The Morgan fingerprint density at radius 3 is 2.88 bits per heavy atom. The van der Waals surface area contributed by atoms with Crippen molar-refractivity contribution in [1.82, 2.24) is 10.3 Å². The lowest BCUT2D eigenvalue weighted by atomic mass is 10.2. The fourth-order valence-electron chi connectivity index (χ4n) is 1.71. The lowest BCUT2D eigenvalue weighted by molar-refractivity contribution is -0.403. The van der Waals surface area contributed by atoms with E-state index in [2.05, 4.69) is 20.6 Å². The van der Waals surface area contributed by atoms with Crippen LogP contribution < -0.4 is 16.4 Å². The first kappa shape index (κ1) is 22.0. The molecule has 13 heteroatoms. The summed E-state index contributed by atoms with van der Waals surface area (Å²) in [5.74, 6) is -0.338. The monoisotopic (exact) mass is 412 g/mol. The maximum atomic E-state index is 12.0. The molecular formula is C13H19F3N6O2S2. The molecule has 0 fully saturated rings. The van der Waals surface area contributed by atoms with Crippen LogP contribution in [-0.2, 0) is 6.42 Å². The number of thiazole rings is 1. The number of hydrogen-bond acceptors (Lipinski definition) is 7. The second kappa shape index (κ2) is 10.9. The van der Waals surface area contributed by atoms with Crippen molar-refractivity contribution in [3.63, 3.8) is 0 Å². The molecule has 0 saturated heterocycles. The van der Waals surface area contributed by atoms with Crippen molar-refractivity contribution in [2.75, 3.05) is 24.7 Å². The van der Waals surface area contributed by atoms with Gasteiger partial charge in [0.25, 0.3) is 6.20 Å². The summed E-state index contributed by atoms with van der Waals surface area (Å²) in [5, 5.41) is 18.5. The van der Waals surface area contributed by atoms with Gasteiger partial charge in [0, 0.05) is 11.9 Å². The van der Waals surface area contributed by atoms with Gasteiger partial charge in [0.1, 0.15) is 11.6 Å². The number of alkyl halides is 3. The molecule has 0 bridgehead atoms. The molecule has 0 radical (unpaired) electrons. The Hall–Kier alpha value is -2.02. The van der Waals surface area contributed by atoms with Crippen LogP contribution in [0.2, 0.25) is 0 Å². The molecule has 1 aromatic heterocycles. The number of nitrogens with two attached hydrogens (primary N) is 1. The highest BCUT2D eigenvalue weighted by Crippen LogP contribution is 2.18. The summed E-state index contributed by atoms with van der Waals surface area (Å²) in [5.41, 5.74) is 6.16. The first-order chi connectivity index (χ1) is 12.2. The summed E-state index contributed by atoms with van der Waals surface area (Å²) >= 11 is 2.49. The van der Waals surface area contributed by atoms with Gasteiger partial charge in [0.05, 0.1) is 10.6 Å². The van der Waals surface area contributed by atoms with Crippen molar-refractivity contribution < 1.29 is 18.1 Å². The molecule has 0 saturated carbocycles. The molecular weight excluding hydrogens is 393 g/mol. The third-order valence-corrected chi connectivity index (χ3v) is 4.31. The number of aliphatic imine (C=N–C) groups is 1. The van der Waals surface area contributed by atoms with E-state index in [0.717, 1.165) is 24.7 Å². The van der Waals surface area contributed by atoms with Crippen molar-refractivity contribution in [3.8, 4) is 0 Å². The molecule has 0 atom stereocenters. The highest BCUT2D eigenvalue weighted by atomic mass is 32.2. The number of aromatic nitrogens is 1. The van der Waals surface area contributed by atoms with Gasteiger partial charge in [-0.15, -0.1) is 23.1 Å². The van der Waals surface area contributed by atoms with Crippen molar-refractivity contribution >= 4 is 34.2 Å². The zero-order valence-electron chi connectivity index (χ0n) is 13.9. The summed E-state index contributed by atoms with van der Waals surface area (Å²) in [7, 11) is 0. The molecule has 0 aliphatic rings. The fourth-order valence-corrected chi connectivity index (χ4v) is 2.90. The zero-order chi connectivity index (χ0) is 19.6. The van der Waals surface area contributed by atoms with Crippen LogP contribution in [0.25, 0.3) is 0 Å². The average molecular weight is 412 g/mol. The highest BCUT2D eigenvalue weighted by molar-refractivity contribution is 8.02. The lowest BCUT2D eigenvalue weighted by Crippen LogP contribution is -2.25. The van der Waals surface area contributed by atoms with E-state index in [1.54, 1.807) is 11.6 Å². The largest absolute Gasteiger partial charge is 0.408 e. The van der Waals surface area contributed by atoms with E-state index in [1.165, 1.54) is 23.1 Å². The molecule has 146 valence electrons. The molecule has 1 rings (SSSR count). The number of aryl methyl sites for hydroxylation is 1. The number of rotatable bonds is 10. The van der Waals surface area contributed by atoms with Gasteiger partial charge in [-0.3, -0.25) is 10.1 Å². The van der Waals surface area contributed by atoms with E-state index in [0.29, 0.717) is 23.1 Å². The minimum Gasteiger partial charge on any atom is -0.375 e. The number of nitro groups is 1. The molecule has 4 N–H and O–H groups in total. The van der Waals surface area contributed by atoms with Gasteiger partial charge in [-0.1, -0.05) is 0 Å². The van der Waals surface area contributed by atoms with E-state index < -0.39 is 17.6 Å². The average Bonchev–Trinajstić information content (AvgIpc) is 2.97. The van der Waals surface area contributed by atoms with Gasteiger partial charge < -0.3 is 16.4 Å². The van der Waals surface area contributed by atoms with Gasteiger partial charge in [0.2, 0.25) is 0 Å². The molecule has 0 aliphatic heterocycles. The highest BCUT2D eigenvalue weighted by Gasteiger charge is 2.26.